The fourth-order valence-corrected chi connectivity index (χ4v) is 2.18. The van der Waals surface area contributed by atoms with Crippen molar-refractivity contribution in [3.8, 4) is 0 Å². The third kappa shape index (κ3) is 2.60. The molecule has 0 radical (unpaired) electrons. The Morgan fingerprint density at radius 3 is 2.52 bits per heavy atom. The highest BCUT2D eigenvalue weighted by atomic mass is 19.1. The van der Waals surface area contributed by atoms with Gasteiger partial charge in [0.1, 0.15) is 23.0 Å². The van der Waals surface area contributed by atoms with E-state index in [4.69, 9.17) is 5.11 Å². The largest absolute Gasteiger partial charge is 0.478 e. The molecule has 0 spiro atoms. The van der Waals surface area contributed by atoms with E-state index in [0.717, 1.165) is 11.6 Å². The molecule has 3 rings (SSSR count). The van der Waals surface area contributed by atoms with Crippen LogP contribution in [0.3, 0.4) is 0 Å². The monoisotopic (exact) mass is 288 g/mol. The van der Waals surface area contributed by atoms with Gasteiger partial charge in [-0.15, -0.1) is 0 Å². The second-order valence-electron chi connectivity index (χ2n) is 4.64. The molecule has 0 saturated carbocycles. The summed E-state index contributed by atoms with van der Waals surface area (Å²) in [6.45, 7) is 0. The van der Waals surface area contributed by atoms with Crippen molar-refractivity contribution in [1.29, 1.82) is 0 Å². The SMILES string of the molecule is O=C(O)c1cc(F)cc2[nH]c(Cc3ccc(F)cc3)nc12. The molecule has 0 unspecified atom stereocenters. The lowest BCUT2D eigenvalue weighted by molar-refractivity contribution is 0.0698. The first-order chi connectivity index (χ1) is 10.0. The van der Waals surface area contributed by atoms with Gasteiger partial charge in [-0.05, 0) is 29.8 Å². The highest BCUT2D eigenvalue weighted by Crippen LogP contribution is 2.20. The standard InChI is InChI=1S/C15H10F2N2O2/c16-9-3-1-8(2-4-9)5-13-18-12-7-10(17)6-11(15(20)21)14(12)19-13/h1-4,6-7H,5H2,(H,18,19)(H,20,21). The molecule has 0 aliphatic carbocycles. The van der Waals surface area contributed by atoms with Crippen LogP contribution in [-0.2, 0) is 6.42 Å². The first-order valence-electron chi connectivity index (χ1n) is 6.19. The summed E-state index contributed by atoms with van der Waals surface area (Å²) in [6.07, 6.45) is 0.371. The zero-order valence-electron chi connectivity index (χ0n) is 10.7. The maximum absolute atomic E-state index is 13.4. The maximum atomic E-state index is 13.4. The molecule has 0 aliphatic heterocycles. The van der Waals surface area contributed by atoms with Crippen LogP contribution in [0.15, 0.2) is 36.4 Å². The molecule has 0 atom stereocenters. The van der Waals surface area contributed by atoms with Crippen molar-refractivity contribution < 1.29 is 18.7 Å². The number of carboxylic acids is 1. The molecule has 106 valence electrons. The van der Waals surface area contributed by atoms with Crippen molar-refractivity contribution in [3.05, 3.63) is 65.0 Å². The minimum atomic E-state index is -1.24. The van der Waals surface area contributed by atoms with Gasteiger partial charge in [0, 0.05) is 6.42 Å². The molecule has 3 aromatic rings. The fraction of sp³-hybridized carbons (Fsp3) is 0.0667. The maximum Gasteiger partial charge on any atom is 0.338 e. The highest BCUT2D eigenvalue weighted by Gasteiger charge is 2.15. The first-order valence-corrected chi connectivity index (χ1v) is 6.19. The Bertz CT molecular complexity index is 826. The van der Waals surface area contributed by atoms with Gasteiger partial charge >= 0.3 is 5.97 Å². The number of aromatic nitrogens is 2. The predicted octanol–water partition coefficient (Wildman–Crippen LogP) is 3.13. The number of benzene rings is 2. The molecule has 4 nitrogen and oxygen atoms in total. The van der Waals surface area contributed by atoms with Gasteiger partial charge in [0.15, 0.2) is 0 Å². The molecule has 0 bridgehead atoms. The smallest absolute Gasteiger partial charge is 0.338 e. The molecule has 0 amide bonds. The minimum Gasteiger partial charge on any atom is -0.478 e. The van der Waals surface area contributed by atoms with Crippen molar-refractivity contribution >= 4 is 17.0 Å². The molecule has 0 aliphatic rings. The summed E-state index contributed by atoms with van der Waals surface area (Å²) in [5.41, 5.74) is 1.16. The van der Waals surface area contributed by atoms with Crippen molar-refractivity contribution in [1.82, 2.24) is 9.97 Å². The molecule has 2 N–H and O–H groups in total. The number of rotatable bonds is 3. The number of aromatic carboxylic acids is 1. The second kappa shape index (κ2) is 4.97. The third-order valence-electron chi connectivity index (χ3n) is 3.12. The summed E-state index contributed by atoms with van der Waals surface area (Å²) < 4.78 is 26.2. The average molecular weight is 288 g/mol. The van der Waals surface area contributed by atoms with Gasteiger partial charge in [0.05, 0.1) is 11.1 Å². The molecule has 21 heavy (non-hydrogen) atoms. The van der Waals surface area contributed by atoms with E-state index in [1.165, 1.54) is 18.2 Å². The van der Waals surface area contributed by atoms with Crippen molar-refractivity contribution in [2.45, 2.75) is 6.42 Å². The zero-order chi connectivity index (χ0) is 15.0. The van der Waals surface area contributed by atoms with Crippen LogP contribution in [-0.4, -0.2) is 21.0 Å². The molecule has 2 aromatic carbocycles. The van der Waals surface area contributed by atoms with Crippen LogP contribution in [0.25, 0.3) is 11.0 Å². The molecule has 1 heterocycles. The molecule has 0 fully saturated rings. The van der Waals surface area contributed by atoms with E-state index in [1.54, 1.807) is 12.1 Å². The Labute approximate surface area is 118 Å². The quantitative estimate of drug-likeness (QED) is 0.778. The Morgan fingerprint density at radius 2 is 1.86 bits per heavy atom. The van der Waals surface area contributed by atoms with Gasteiger partial charge in [0.2, 0.25) is 0 Å². The van der Waals surface area contributed by atoms with Crippen LogP contribution < -0.4 is 0 Å². The Morgan fingerprint density at radius 1 is 1.14 bits per heavy atom. The number of imidazole rings is 1. The van der Waals surface area contributed by atoms with E-state index in [-0.39, 0.29) is 16.9 Å². The average Bonchev–Trinajstić information content (AvgIpc) is 2.82. The molecule has 1 aromatic heterocycles. The van der Waals surface area contributed by atoms with E-state index < -0.39 is 11.8 Å². The lowest BCUT2D eigenvalue weighted by Gasteiger charge is -1.97. The highest BCUT2D eigenvalue weighted by molar-refractivity contribution is 6.00. The van der Waals surface area contributed by atoms with Crippen LogP contribution in [0.4, 0.5) is 8.78 Å². The molecule has 0 saturated heterocycles. The summed E-state index contributed by atoms with van der Waals surface area (Å²) in [5, 5.41) is 9.07. The van der Waals surface area contributed by atoms with E-state index in [2.05, 4.69) is 9.97 Å². The summed E-state index contributed by atoms with van der Waals surface area (Å²) in [4.78, 5) is 18.2. The number of fused-ring (bicyclic) bond motifs is 1. The normalized spacial score (nSPS) is 11.0. The van der Waals surface area contributed by atoms with Crippen molar-refractivity contribution in [2.75, 3.05) is 0 Å². The number of H-pyrrole nitrogens is 1. The van der Waals surface area contributed by atoms with Gasteiger partial charge in [-0.1, -0.05) is 12.1 Å². The van der Waals surface area contributed by atoms with E-state index >= 15 is 0 Å². The van der Waals surface area contributed by atoms with Crippen molar-refractivity contribution in [3.63, 3.8) is 0 Å². The Hall–Kier alpha value is -2.76. The predicted molar refractivity (Wildman–Crippen MR) is 72.2 cm³/mol. The van der Waals surface area contributed by atoms with Gasteiger partial charge < -0.3 is 10.1 Å². The van der Waals surface area contributed by atoms with E-state index in [0.29, 0.717) is 17.8 Å². The zero-order valence-corrected chi connectivity index (χ0v) is 10.7. The van der Waals surface area contributed by atoms with E-state index in [1.807, 2.05) is 0 Å². The summed E-state index contributed by atoms with van der Waals surface area (Å²) in [6, 6.07) is 8.03. The number of hydrogen-bond donors (Lipinski definition) is 2. The summed E-state index contributed by atoms with van der Waals surface area (Å²) >= 11 is 0. The molecular formula is C15H10F2N2O2. The van der Waals surface area contributed by atoms with Crippen LogP contribution >= 0.6 is 0 Å². The summed E-state index contributed by atoms with van der Waals surface area (Å²) in [5.74, 6) is -1.72. The number of nitrogens with one attached hydrogen (secondary N) is 1. The van der Waals surface area contributed by atoms with Crippen LogP contribution in [0.5, 0.6) is 0 Å². The Kier molecular flexibility index (Phi) is 3.13. The van der Waals surface area contributed by atoms with E-state index in [9.17, 15) is 13.6 Å². The number of carboxylic acid groups (broad SMARTS) is 1. The summed E-state index contributed by atoms with van der Waals surface area (Å²) in [7, 11) is 0. The lowest BCUT2D eigenvalue weighted by Crippen LogP contribution is -1.98. The number of aromatic amines is 1. The fourth-order valence-electron chi connectivity index (χ4n) is 2.18. The third-order valence-corrected chi connectivity index (χ3v) is 3.12. The topological polar surface area (TPSA) is 66.0 Å². The Balaban J connectivity index is 2.02. The van der Waals surface area contributed by atoms with Gasteiger partial charge in [-0.2, -0.15) is 0 Å². The van der Waals surface area contributed by atoms with Crippen LogP contribution in [0, 0.1) is 11.6 Å². The van der Waals surface area contributed by atoms with Gasteiger partial charge in [-0.25, -0.2) is 18.6 Å². The number of hydrogen-bond acceptors (Lipinski definition) is 2. The number of nitrogens with zero attached hydrogens (tertiary/aromatic N) is 1. The number of carbonyl (C=O) groups is 1. The minimum absolute atomic E-state index is 0.188. The van der Waals surface area contributed by atoms with Crippen molar-refractivity contribution in [2.24, 2.45) is 0 Å². The molecular weight excluding hydrogens is 278 g/mol. The lowest BCUT2D eigenvalue weighted by atomic mass is 10.1. The number of halogens is 2. The van der Waals surface area contributed by atoms with Gasteiger partial charge in [0.25, 0.3) is 0 Å². The van der Waals surface area contributed by atoms with Crippen LogP contribution in [0.1, 0.15) is 21.7 Å². The first kappa shape index (κ1) is 13.2. The second-order valence-corrected chi connectivity index (χ2v) is 4.64. The van der Waals surface area contributed by atoms with Gasteiger partial charge in [-0.3, -0.25) is 0 Å². The van der Waals surface area contributed by atoms with Crippen LogP contribution in [0.2, 0.25) is 0 Å². The molecule has 6 heteroatoms.